The van der Waals surface area contributed by atoms with Crippen molar-refractivity contribution in [3.05, 3.63) is 22.6 Å². The number of fused-ring (bicyclic) bond motifs is 1. The van der Waals surface area contributed by atoms with Gasteiger partial charge in [0.25, 0.3) is 11.8 Å². The molecule has 0 aliphatic carbocycles. The van der Waals surface area contributed by atoms with Crippen LogP contribution < -0.4 is 11.1 Å². The van der Waals surface area contributed by atoms with Gasteiger partial charge < -0.3 is 21.0 Å². The first-order valence-electron chi connectivity index (χ1n) is 9.17. The minimum atomic E-state index is -1.23. The number of carboxylic acids is 1. The van der Waals surface area contributed by atoms with Gasteiger partial charge in [-0.1, -0.05) is 28.3 Å². The van der Waals surface area contributed by atoms with Gasteiger partial charge in [0.2, 0.25) is 18.1 Å². The maximum Gasteiger partial charge on any atom is 0.352 e. The number of nitrogens with one attached hydrogen (secondary N) is 1. The molecule has 0 bridgehead atoms. The van der Waals surface area contributed by atoms with Crippen LogP contribution in [0.4, 0.5) is 5.13 Å². The van der Waals surface area contributed by atoms with Crippen LogP contribution in [0.3, 0.4) is 0 Å². The molecular weight excluding hydrogens is 527 g/mol. The summed E-state index contributed by atoms with van der Waals surface area (Å²) in [6.07, 6.45) is 0. The van der Waals surface area contributed by atoms with Crippen molar-refractivity contribution in [1.29, 1.82) is 5.26 Å². The summed E-state index contributed by atoms with van der Waals surface area (Å²) in [5.74, 6) is -2.07. The number of amides is 2. The van der Waals surface area contributed by atoms with E-state index in [0.29, 0.717) is 21.4 Å². The predicted octanol–water partition coefficient (Wildman–Crippen LogP) is -0.253. The Hall–Kier alpha value is -3.27. The zero-order valence-electron chi connectivity index (χ0n) is 16.8. The highest BCUT2D eigenvalue weighted by molar-refractivity contribution is 8.01. The molecule has 14 nitrogen and oxygen atoms in total. The van der Waals surface area contributed by atoms with Crippen molar-refractivity contribution in [2.45, 2.75) is 15.8 Å². The minimum Gasteiger partial charge on any atom is -0.477 e. The Morgan fingerprint density at radius 1 is 1.50 bits per heavy atom. The number of β-lactam (4-membered cyclic amide) rings is 1. The van der Waals surface area contributed by atoms with E-state index in [0.717, 1.165) is 11.5 Å². The molecule has 0 radical (unpaired) electrons. The molecule has 4 N–H and O–H groups in total. The summed E-state index contributed by atoms with van der Waals surface area (Å²) in [4.78, 5) is 47.5. The lowest BCUT2D eigenvalue weighted by molar-refractivity contribution is -0.150. The van der Waals surface area contributed by atoms with E-state index in [1.54, 1.807) is 11.6 Å². The summed E-state index contributed by atoms with van der Waals surface area (Å²) in [5.41, 5.74) is 7.25. The van der Waals surface area contributed by atoms with Gasteiger partial charge in [-0.25, -0.2) is 4.79 Å². The molecule has 1 saturated heterocycles. The molecule has 2 atom stereocenters. The van der Waals surface area contributed by atoms with Crippen molar-refractivity contribution in [3.8, 4) is 6.07 Å². The Labute approximate surface area is 207 Å². The molecule has 2 aromatic heterocycles. The van der Waals surface area contributed by atoms with Crippen LogP contribution in [0.25, 0.3) is 0 Å². The first-order chi connectivity index (χ1) is 16.4. The third-order valence-corrected chi connectivity index (χ3v) is 8.23. The van der Waals surface area contributed by atoms with Gasteiger partial charge in [0.05, 0.1) is 0 Å². The second-order valence-corrected chi connectivity index (χ2v) is 10.4. The number of nitrogen functional groups attached to an aromatic ring is 1. The number of carbonyl (C=O) groups is 3. The van der Waals surface area contributed by atoms with Crippen LogP contribution in [0.1, 0.15) is 5.82 Å². The van der Waals surface area contributed by atoms with E-state index in [4.69, 9.17) is 15.8 Å². The van der Waals surface area contributed by atoms with E-state index in [1.807, 2.05) is 0 Å². The van der Waals surface area contributed by atoms with Crippen molar-refractivity contribution >= 4 is 75.0 Å². The lowest BCUT2D eigenvalue weighted by Crippen LogP contribution is -2.71. The van der Waals surface area contributed by atoms with Crippen molar-refractivity contribution < 1.29 is 24.3 Å². The average molecular weight is 540 g/mol. The first-order valence-corrected chi connectivity index (χ1v) is 12.9. The predicted molar refractivity (Wildman–Crippen MR) is 123 cm³/mol. The van der Waals surface area contributed by atoms with Crippen LogP contribution in [0.5, 0.6) is 0 Å². The van der Waals surface area contributed by atoms with Crippen LogP contribution in [-0.4, -0.2) is 82.6 Å². The third-order valence-electron chi connectivity index (χ3n) is 4.40. The van der Waals surface area contributed by atoms with Gasteiger partial charge in [0.15, 0.2) is 9.47 Å². The smallest absolute Gasteiger partial charge is 0.352 e. The lowest BCUT2D eigenvalue weighted by Gasteiger charge is -2.49. The fourth-order valence-electron chi connectivity index (χ4n) is 3.02. The van der Waals surface area contributed by atoms with Crippen LogP contribution in [0.15, 0.2) is 26.3 Å². The van der Waals surface area contributed by atoms with Gasteiger partial charge in [0.1, 0.15) is 28.7 Å². The molecule has 2 aliphatic rings. The van der Waals surface area contributed by atoms with Crippen molar-refractivity contribution in [1.82, 2.24) is 29.8 Å². The Morgan fingerprint density at radius 2 is 2.32 bits per heavy atom. The number of rotatable bonds is 9. The molecule has 2 aliphatic heterocycles. The highest BCUT2D eigenvalue weighted by atomic mass is 32.2. The Morgan fingerprint density at radius 3 is 2.97 bits per heavy atom. The van der Waals surface area contributed by atoms with E-state index < -0.39 is 35.8 Å². The van der Waals surface area contributed by atoms with Crippen molar-refractivity contribution in [2.75, 3.05) is 23.8 Å². The summed E-state index contributed by atoms with van der Waals surface area (Å²) in [7, 11) is 0. The topological polar surface area (TPSA) is 210 Å². The van der Waals surface area contributed by atoms with Gasteiger partial charge in [-0.3, -0.25) is 14.5 Å². The number of aliphatic carboxylic acids is 1. The molecule has 4 rings (SSSR count). The number of thioether (sulfide) groups is 2. The summed E-state index contributed by atoms with van der Waals surface area (Å²) in [5, 5.41) is 31.6. The fourth-order valence-corrected chi connectivity index (χ4v) is 6.43. The highest BCUT2D eigenvalue weighted by Crippen LogP contribution is 2.41. The van der Waals surface area contributed by atoms with Gasteiger partial charge in [-0.05, 0) is 5.57 Å². The number of nitrogens with two attached hydrogens (primary N) is 1. The van der Waals surface area contributed by atoms with Crippen molar-refractivity contribution in [3.63, 3.8) is 0 Å². The Kier molecular flexibility index (Phi) is 7.26. The Bertz CT molecular complexity index is 1220. The zero-order chi connectivity index (χ0) is 24.2. The number of aromatic nitrogens is 4. The van der Waals surface area contributed by atoms with Gasteiger partial charge in [-0.15, -0.1) is 22.0 Å². The largest absolute Gasteiger partial charge is 0.477 e. The number of nitrogens with zero attached hydrogens (tertiary/aromatic N) is 7. The number of oxime groups is 1. The third kappa shape index (κ3) is 4.82. The summed E-state index contributed by atoms with van der Waals surface area (Å²) in [6, 6.07) is 0.709. The zero-order valence-corrected chi connectivity index (χ0v) is 20.0. The number of nitriles is 1. The first kappa shape index (κ1) is 23.9. The minimum absolute atomic E-state index is 0.0830. The molecule has 1 unspecified atom stereocenters. The second-order valence-electron chi connectivity index (χ2n) is 6.44. The summed E-state index contributed by atoms with van der Waals surface area (Å²) < 4.78 is 4.59. The molecule has 18 heteroatoms. The van der Waals surface area contributed by atoms with Crippen LogP contribution in [0, 0.1) is 11.3 Å². The van der Waals surface area contributed by atoms with E-state index in [1.165, 1.54) is 39.8 Å². The summed E-state index contributed by atoms with van der Waals surface area (Å²) >= 11 is 4.82. The highest BCUT2D eigenvalue weighted by Gasteiger charge is 2.54. The molecule has 0 aromatic carbocycles. The average Bonchev–Trinajstić information content (AvgIpc) is 3.49. The van der Waals surface area contributed by atoms with Gasteiger partial charge in [0, 0.05) is 23.0 Å². The van der Waals surface area contributed by atoms with Crippen molar-refractivity contribution in [2.24, 2.45) is 5.16 Å². The molecule has 4 heterocycles. The van der Waals surface area contributed by atoms with Gasteiger partial charge in [-0.2, -0.15) is 14.6 Å². The standard InChI is InChI=1S/C16H13N9O5S4/c17-1-2-30-23-7(10-21-15(18)34-24-10)11(26)20-8-12(27)25-9(14(28)29)6(3-31-13(8)25)4-32-16-22-19-5-33-16/h5,8,13H,2-4H2,(H,20,26)(H,28,29)(H2,18,21,24)/b23-7-/t8?,13-/m1/s1. The van der Waals surface area contributed by atoms with Crippen LogP contribution in [0.2, 0.25) is 0 Å². The lowest BCUT2D eigenvalue weighted by atomic mass is 10.0. The number of hydrogen-bond donors (Lipinski definition) is 3. The monoisotopic (exact) mass is 539 g/mol. The Balaban J connectivity index is 1.49. The molecule has 2 aromatic rings. The molecule has 0 saturated carbocycles. The van der Waals surface area contributed by atoms with Crippen LogP contribution >= 0.6 is 46.4 Å². The van der Waals surface area contributed by atoms with E-state index in [-0.39, 0.29) is 22.4 Å². The summed E-state index contributed by atoms with van der Waals surface area (Å²) in [6.45, 7) is -0.421. The number of hydrogen-bond acceptors (Lipinski definition) is 15. The fraction of sp³-hybridized carbons (Fsp3) is 0.312. The molecule has 0 spiro atoms. The molecule has 2 amide bonds. The molecule has 34 heavy (non-hydrogen) atoms. The second kappa shape index (κ2) is 10.3. The number of carboxylic acid groups (broad SMARTS) is 1. The van der Waals surface area contributed by atoms with E-state index in [9.17, 15) is 19.5 Å². The number of anilines is 1. The maximum atomic E-state index is 12.9. The normalized spacial score (nSPS) is 19.8. The molecular formula is C16H13N9O5S4. The molecule has 176 valence electrons. The SMILES string of the molecule is N#CCO/N=C(\C(=O)NC1C(=O)N2C(C(=O)O)=C(CSc3nncs3)CS[C@H]12)c1nsc(N)n1. The number of carbonyl (C=O) groups excluding carboxylic acids is 2. The van der Waals surface area contributed by atoms with Gasteiger partial charge >= 0.3 is 5.97 Å². The quantitative estimate of drug-likeness (QED) is 0.123. The maximum absolute atomic E-state index is 12.9. The molecule has 1 fully saturated rings. The van der Waals surface area contributed by atoms with E-state index >= 15 is 0 Å². The van der Waals surface area contributed by atoms with Crippen LogP contribution in [-0.2, 0) is 19.2 Å². The van der Waals surface area contributed by atoms with E-state index in [2.05, 4.69) is 30.0 Å².